The number of nitrogens with one attached hydrogen (secondary N) is 3. The Bertz CT molecular complexity index is 1230. The van der Waals surface area contributed by atoms with Gasteiger partial charge in [0.2, 0.25) is 21.8 Å². The molecule has 1 aromatic rings. The van der Waals surface area contributed by atoms with Crippen LogP contribution in [0.4, 0.5) is 10.1 Å². The van der Waals surface area contributed by atoms with Gasteiger partial charge in [0.05, 0.1) is 16.3 Å². The van der Waals surface area contributed by atoms with Crippen molar-refractivity contribution in [3.63, 3.8) is 0 Å². The van der Waals surface area contributed by atoms with Crippen molar-refractivity contribution in [2.75, 3.05) is 17.8 Å². The number of ether oxygens (including phenoxy) is 2. The van der Waals surface area contributed by atoms with Gasteiger partial charge in [-0.2, -0.15) is 0 Å². The molecule has 0 bridgehead atoms. The maximum absolute atomic E-state index is 13.4. The normalized spacial score (nSPS) is 27.4. The molecule has 2 unspecified atom stereocenters. The molecule has 1 heterocycles. The van der Waals surface area contributed by atoms with E-state index in [1.165, 1.54) is 13.8 Å². The standard InChI is InChI=1S/C23H29ClFN3O8S/c1-4-22(12-27-14(3)30)20(11-26-13(2)29)35-23(36-22)8-7-19(16(10-23)21(31)32)37(33,34)28-18-6-5-15(25)9-17(18)24/h5-6,9-10,19-20,28H,4,7-8,11-12H2,1-3H3,(H,26,29)(H,27,30)(H,31,32)/t19?,20-,22-,23?/m0/s1. The molecule has 2 aliphatic rings. The second-order valence-electron chi connectivity index (χ2n) is 8.99. The van der Waals surface area contributed by atoms with E-state index >= 15 is 0 Å². The van der Waals surface area contributed by atoms with Gasteiger partial charge in [0.15, 0.2) is 5.79 Å². The highest BCUT2D eigenvalue weighted by molar-refractivity contribution is 7.93. The lowest BCUT2D eigenvalue weighted by Gasteiger charge is -2.35. The van der Waals surface area contributed by atoms with E-state index in [1.807, 2.05) is 0 Å². The first-order chi connectivity index (χ1) is 17.2. The van der Waals surface area contributed by atoms with Crippen molar-refractivity contribution < 1.29 is 41.8 Å². The minimum Gasteiger partial charge on any atom is -0.478 e. The van der Waals surface area contributed by atoms with Gasteiger partial charge in [0, 0.05) is 33.4 Å². The Morgan fingerprint density at radius 1 is 1.22 bits per heavy atom. The lowest BCUT2D eigenvalue weighted by atomic mass is 9.92. The Kier molecular flexibility index (Phi) is 8.52. The number of rotatable bonds is 9. The summed E-state index contributed by atoms with van der Waals surface area (Å²) in [5.41, 5.74) is -1.71. The summed E-state index contributed by atoms with van der Waals surface area (Å²) in [5.74, 6) is -4.41. The first kappa shape index (κ1) is 28.8. The molecule has 3 rings (SSSR count). The fraction of sp³-hybridized carbons (Fsp3) is 0.522. The molecule has 1 aliphatic heterocycles. The van der Waals surface area contributed by atoms with Gasteiger partial charge < -0.3 is 25.2 Å². The zero-order valence-corrected chi connectivity index (χ0v) is 22.0. The summed E-state index contributed by atoms with van der Waals surface area (Å²) in [7, 11) is -4.33. The number of carbonyl (C=O) groups is 3. The third-order valence-electron chi connectivity index (χ3n) is 6.36. The topological polar surface area (TPSA) is 160 Å². The molecule has 1 fully saturated rings. The monoisotopic (exact) mass is 561 g/mol. The van der Waals surface area contributed by atoms with Crippen molar-refractivity contribution in [1.82, 2.24) is 10.6 Å². The Balaban J connectivity index is 1.96. The average Bonchev–Trinajstić information content (AvgIpc) is 3.11. The van der Waals surface area contributed by atoms with E-state index in [0.29, 0.717) is 6.42 Å². The van der Waals surface area contributed by atoms with Crippen molar-refractivity contribution in [2.24, 2.45) is 0 Å². The van der Waals surface area contributed by atoms with Crippen LogP contribution in [0.3, 0.4) is 0 Å². The molecule has 14 heteroatoms. The van der Waals surface area contributed by atoms with Gasteiger partial charge in [-0.15, -0.1) is 0 Å². The first-order valence-electron chi connectivity index (χ1n) is 11.5. The predicted molar refractivity (Wildman–Crippen MR) is 132 cm³/mol. The van der Waals surface area contributed by atoms with E-state index in [4.69, 9.17) is 21.1 Å². The van der Waals surface area contributed by atoms with Crippen molar-refractivity contribution in [3.8, 4) is 0 Å². The smallest absolute Gasteiger partial charge is 0.332 e. The van der Waals surface area contributed by atoms with Crippen molar-refractivity contribution in [2.45, 2.75) is 62.8 Å². The summed E-state index contributed by atoms with van der Waals surface area (Å²) in [6, 6.07) is 3.08. The van der Waals surface area contributed by atoms with Crippen LogP contribution in [0, 0.1) is 5.82 Å². The van der Waals surface area contributed by atoms with E-state index in [0.717, 1.165) is 24.3 Å². The van der Waals surface area contributed by atoms with E-state index in [1.54, 1.807) is 6.92 Å². The van der Waals surface area contributed by atoms with Crippen molar-refractivity contribution in [3.05, 3.63) is 40.7 Å². The number of halogens is 2. The highest BCUT2D eigenvalue weighted by Gasteiger charge is 2.58. The zero-order chi connectivity index (χ0) is 27.6. The number of carboxylic acids is 1. The number of hydrogen-bond donors (Lipinski definition) is 4. The van der Waals surface area contributed by atoms with Crippen LogP contribution < -0.4 is 15.4 Å². The number of hydrogen-bond acceptors (Lipinski definition) is 7. The number of aliphatic carboxylic acids is 1. The summed E-state index contributed by atoms with van der Waals surface area (Å²) in [5, 5.41) is 13.6. The quantitative estimate of drug-likeness (QED) is 0.356. The molecule has 11 nitrogen and oxygen atoms in total. The molecule has 204 valence electrons. The van der Waals surface area contributed by atoms with Crippen molar-refractivity contribution in [1.29, 1.82) is 0 Å². The summed E-state index contributed by atoms with van der Waals surface area (Å²) < 4.78 is 54.4. The van der Waals surface area contributed by atoms with E-state index in [2.05, 4.69) is 15.4 Å². The van der Waals surface area contributed by atoms with Crippen LogP contribution >= 0.6 is 11.6 Å². The second kappa shape index (κ2) is 10.9. The van der Waals surface area contributed by atoms with Gasteiger partial charge in [-0.1, -0.05) is 18.5 Å². The lowest BCUT2D eigenvalue weighted by molar-refractivity contribution is -0.164. The highest BCUT2D eigenvalue weighted by atomic mass is 35.5. The van der Waals surface area contributed by atoms with Crippen LogP contribution in [0.5, 0.6) is 0 Å². The molecule has 0 saturated carbocycles. The maximum Gasteiger partial charge on any atom is 0.332 e. The summed E-state index contributed by atoms with van der Waals surface area (Å²) >= 11 is 5.94. The predicted octanol–water partition coefficient (Wildman–Crippen LogP) is 1.93. The van der Waals surface area contributed by atoms with Gasteiger partial charge >= 0.3 is 5.97 Å². The third-order valence-corrected chi connectivity index (χ3v) is 8.41. The Hall–Kier alpha value is -2.74. The molecular formula is C23H29ClFN3O8S. The highest BCUT2D eigenvalue weighted by Crippen LogP contribution is 2.46. The summed E-state index contributed by atoms with van der Waals surface area (Å²) in [6.07, 6.45) is 0.455. The van der Waals surface area contributed by atoms with Gasteiger partial charge in [0.25, 0.3) is 0 Å². The number of benzene rings is 1. The van der Waals surface area contributed by atoms with Gasteiger partial charge in [-0.25, -0.2) is 17.6 Å². The molecule has 4 N–H and O–H groups in total. The molecule has 0 radical (unpaired) electrons. The lowest BCUT2D eigenvalue weighted by Crippen LogP contribution is -2.53. The minimum atomic E-state index is -4.33. The molecular weight excluding hydrogens is 533 g/mol. The number of amides is 2. The van der Waals surface area contributed by atoms with E-state index in [-0.39, 0.29) is 48.5 Å². The molecule has 2 amide bonds. The second-order valence-corrected chi connectivity index (χ2v) is 11.3. The maximum atomic E-state index is 13.4. The van der Waals surface area contributed by atoms with E-state index < -0.39 is 50.1 Å². The van der Waals surface area contributed by atoms with Crippen LogP contribution in [0.2, 0.25) is 5.02 Å². The minimum absolute atomic E-state index is 0.0209. The molecule has 1 aromatic carbocycles. The van der Waals surface area contributed by atoms with Crippen molar-refractivity contribution >= 4 is 45.1 Å². The molecule has 4 atom stereocenters. The molecule has 37 heavy (non-hydrogen) atoms. The number of carboxylic acid groups (broad SMARTS) is 1. The number of carbonyl (C=O) groups excluding carboxylic acids is 2. The van der Waals surface area contributed by atoms with Crippen LogP contribution in [0.1, 0.15) is 40.0 Å². The SMILES string of the molecule is CC[C@@]1(CNC(C)=O)OC2(C=C(C(=O)O)C(S(=O)(=O)Nc3ccc(F)cc3Cl)CC2)O[C@H]1CNC(C)=O. The van der Waals surface area contributed by atoms with Gasteiger partial charge in [0.1, 0.15) is 22.8 Å². The van der Waals surface area contributed by atoms with Crippen LogP contribution in [0.25, 0.3) is 0 Å². The Morgan fingerprint density at radius 3 is 2.46 bits per heavy atom. The van der Waals surface area contributed by atoms with E-state index in [9.17, 15) is 32.3 Å². The average molecular weight is 562 g/mol. The van der Waals surface area contributed by atoms with Crippen LogP contribution in [0.15, 0.2) is 29.8 Å². The molecule has 1 aliphatic carbocycles. The molecule has 1 saturated heterocycles. The summed E-state index contributed by atoms with van der Waals surface area (Å²) in [6.45, 7) is 4.49. The molecule has 1 spiro atoms. The van der Waals surface area contributed by atoms with Gasteiger partial charge in [-0.05, 0) is 37.1 Å². The summed E-state index contributed by atoms with van der Waals surface area (Å²) in [4.78, 5) is 35.4. The number of anilines is 1. The van der Waals surface area contributed by atoms with Crippen LogP contribution in [-0.2, 0) is 33.9 Å². The number of sulfonamides is 1. The fourth-order valence-corrected chi connectivity index (χ4v) is 6.31. The Labute approximate surface area is 218 Å². The molecule has 0 aromatic heterocycles. The van der Waals surface area contributed by atoms with Gasteiger partial charge in [-0.3, -0.25) is 14.3 Å². The third kappa shape index (κ3) is 6.40. The zero-order valence-electron chi connectivity index (χ0n) is 20.5. The first-order valence-corrected chi connectivity index (χ1v) is 13.4. The Morgan fingerprint density at radius 2 is 1.89 bits per heavy atom. The fourth-order valence-electron chi connectivity index (χ4n) is 4.48. The van der Waals surface area contributed by atoms with Crippen LogP contribution in [-0.4, -0.2) is 67.1 Å². The largest absolute Gasteiger partial charge is 0.478 e.